The van der Waals surface area contributed by atoms with Crippen LogP contribution < -0.4 is 10.6 Å². The quantitative estimate of drug-likeness (QED) is 0.196. The highest BCUT2D eigenvalue weighted by molar-refractivity contribution is 6.13. The molecule has 246 valence electrons. The third-order valence-corrected chi connectivity index (χ3v) is 10.5. The summed E-state index contributed by atoms with van der Waals surface area (Å²) >= 11 is 0. The second-order valence-electron chi connectivity index (χ2n) is 13.6. The van der Waals surface area contributed by atoms with Crippen molar-refractivity contribution in [2.75, 3.05) is 0 Å². The lowest BCUT2D eigenvalue weighted by molar-refractivity contribution is 0.411. The van der Waals surface area contributed by atoms with Gasteiger partial charge in [-0.2, -0.15) is 0 Å². The van der Waals surface area contributed by atoms with Gasteiger partial charge in [-0.25, -0.2) is 4.99 Å². The van der Waals surface area contributed by atoms with Crippen molar-refractivity contribution in [3.8, 4) is 11.1 Å². The molecule has 0 radical (unpaired) electrons. The molecule has 0 spiro atoms. The molecule has 2 atom stereocenters. The van der Waals surface area contributed by atoms with Crippen molar-refractivity contribution in [3.05, 3.63) is 180 Å². The SMILES string of the molecule is c1ccc2cc(C3=NC(c4ccc5ccccc5c4)NC(c4cccc5oc6c(-c7ccc8c(c7)oc7ccccc78)cccc6c45)N3)ccc2c1. The van der Waals surface area contributed by atoms with Crippen molar-refractivity contribution in [2.24, 2.45) is 4.99 Å². The normalized spacial score (nSPS) is 16.3. The van der Waals surface area contributed by atoms with E-state index in [4.69, 9.17) is 13.8 Å². The Bertz CT molecular complexity index is 3060. The van der Waals surface area contributed by atoms with Crippen LogP contribution in [-0.2, 0) is 0 Å². The van der Waals surface area contributed by atoms with Crippen LogP contribution in [0.1, 0.15) is 29.0 Å². The van der Waals surface area contributed by atoms with Gasteiger partial charge in [0.05, 0.1) is 0 Å². The topological polar surface area (TPSA) is 62.7 Å². The largest absolute Gasteiger partial charge is 0.456 e. The maximum atomic E-state index is 6.74. The van der Waals surface area contributed by atoms with Crippen molar-refractivity contribution in [1.82, 2.24) is 10.6 Å². The van der Waals surface area contributed by atoms with Gasteiger partial charge >= 0.3 is 0 Å². The first-order chi connectivity index (χ1) is 25.7. The second kappa shape index (κ2) is 11.4. The summed E-state index contributed by atoms with van der Waals surface area (Å²) in [4.78, 5) is 5.30. The molecular weight excluding hydrogens is 639 g/mol. The molecule has 5 heteroatoms. The number of para-hydroxylation sites is 2. The van der Waals surface area contributed by atoms with Crippen LogP contribution in [0.25, 0.3) is 76.5 Å². The smallest absolute Gasteiger partial charge is 0.143 e. The Kier molecular flexibility index (Phi) is 6.39. The lowest BCUT2D eigenvalue weighted by Gasteiger charge is -2.32. The van der Waals surface area contributed by atoms with Gasteiger partial charge in [-0.1, -0.05) is 127 Å². The summed E-state index contributed by atoms with van der Waals surface area (Å²) in [5, 5.41) is 16.8. The van der Waals surface area contributed by atoms with Crippen molar-refractivity contribution < 1.29 is 8.83 Å². The summed E-state index contributed by atoms with van der Waals surface area (Å²) in [6.45, 7) is 0. The summed E-state index contributed by atoms with van der Waals surface area (Å²) < 4.78 is 13.0. The van der Waals surface area contributed by atoms with Crippen LogP contribution >= 0.6 is 0 Å². The minimum atomic E-state index is -0.281. The molecule has 0 bridgehead atoms. The van der Waals surface area contributed by atoms with Gasteiger partial charge in [-0.3, -0.25) is 5.32 Å². The number of fused-ring (bicyclic) bond motifs is 8. The summed E-state index contributed by atoms with van der Waals surface area (Å²) in [6.07, 6.45) is -0.535. The van der Waals surface area contributed by atoms with Crippen molar-refractivity contribution >= 4 is 71.3 Å². The Morgan fingerprint density at radius 3 is 2.06 bits per heavy atom. The molecule has 0 fully saturated rings. The molecule has 0 saturated heterocycles. The molecule has 5 nitrogen and oxygen atoms in total. The Labute approximate surface area is 298 Å². The molecule has 1 aliphatic heterocycles. The first-order valence-electron chi connectivity index (χ1n) is 17.7. The van der Waals surface area contributed by atoms with Crippen molar-refractivity contribution in [3.63, 3.8) is 0 Å². The molecule has 2 unspecified atom stereocenters. The maximum Gasteiger partial charge on any atom is 0.143 e. The van der Waals surface area contributed by atoms with Crippen LogP contribution in [-0.4, -0.2) is 5.84 Å². The average molecular weight is 670 g/mol. The lowest BCUT2D eigenvalue weighted by atomic mass is 9.98. The number of nitrogens with one attached hydrogen (secondary N) is 2. The van der Waals surface area contributed by atoms with E-state index in [-0.39, 0.29) is 12.3 Å². The molecule has 0 aliphatic carbocycles. The molecule has 2 aromatic heterocycles. The zero-order valence-electron chi connectivity index (χ0n) is 28.0. The summed E-state index contributed by atoms with van der Waals surface area (Å²) in [7, 11) is 0. The molecule has 3 heterocycles. The fraction of sp³-hybridized carbons (Fsp3) is 0.0426. The van der Waals surface area contributed by atoms with E-state index in [2.05, 4.69) is 162 Å². The average Bonchev–Trinajstić information content (AvgIpc) is 3.78. The fourth-order valence-electron chi connectivity index (χ4n) is 7.99. The lowest BCUT2D eigenvalue weighted by Crippen LogP contribution is -2.45. The Balaban J connectivity index is 1.05. The molecule has 2 N–H and O–H groups in total. The van der Waals surface area contributed by atoms with Gasteiger partial charge in [0.1, 0.15) is 40.5 Å². The third-order valence-electron chi connectivity index (χ3n) is 10.5. The Morgan fingerprint density at radius 2 is 1.17 bits per heavy atom. The number of furan rings is 2. The van der Waals surface area contributed by atoms with Gasteiger partial charge in [-0.15, -0.1) is 0 Å². The standard InChI is InChI=1S/C47H31N3O2/c1-3-11-30-25-33(21-19-28(30)9-1)45-48-46(34-22-20-29-10-2-4-12-31(29)26-34)50-47(49-45)39-16-8-18-41-43(39)38-15-7-14-35(44(38)52-41)32-23-24-37-36-13-5-6-17-40(36)51-42(37)27-32/h1-27,45,47,49H,(H,48,50). The number of aliphatic imine (C=N–C) groups is 1. The third kappa shape index (κ3) is 4.64. The molecule has 52 heavy (non-hydrogen) atoms. The number of hydrogen-bond acceptors (Lipinski definition) is 5. The summed E-state index contributed by atoms with van der Waals surface area (Å²) in [5.41, 5.74) is 8.77. The zero-order valence-corrected chi connectivity index (χ0v) is 28.0. The van der Waals surface area contributed by atoms with Crippen LogP contribution in [0.15, 0.2) is 178 Å². The summed E-state index contributed by atoms with van der Waals surface area (Å²) in [5.74, 6) is 0.845. The van der Waals surface area contributed by atoms with Crippen molar-refractivity contribution in [2.45, 2.75) is 12.3 Å². The fourth-order valence-corrected chi connectivity index (χ4v) is 7.99. The van der Waals surface area contributed by atoms with E-state index in [1.807, 2.05) is 12.1 Å². The minimum Gasteiger partial charge on any atom is -0.456 e. The Morgan fingerprint density at radius 1 is 0.481 bits per heavy atom. The highest BCUT2D eigenvalue weighted by Crippen LogP contribution is 2.41. The van der Waals surface area contributed by atoms with E-state index in [0.717, 1.165) is 77.5 Å². The van der Waals surface area contributed by atoms with E-state index >= 15 is 0 Å². The molecule has 8 aromatic carbocycles. The van der Waals surface area contributed by atoms with E-state index in [1.54, 1.807) is 0 Å². The first-order valence-corrected chi connectivity index (χ1v) is 17.7. The minimum absolute atomic E-state index is 0.254. The van der Waals surface area contributed by atoms with Gasteiger partial charge in [-0.05, 0) is 69.1 Å². The van der Waals surface area contributed by atoms with E-state index in [1.165, 1.54) is 21.5 Å². The second-order valence-corrected chi connectivity index (χ2v) is 13.6. The number of nitrogens with zero attached hydrogens (tertiary/aromatic N) is 1. The molecular formula is C47H31N3O2. The van der Waals surface area contributed by atoms with Gasteiger partial charge < -0.3 is 14.2 Å². The predicted octanol–water partition coefficient (Wildman–Crippen LogP) is 11.8. The first kappa shape index (κ1) is 29.1. The monoisotopic (exact) mass is 669 g/mol. The van der Waals surface area contributed by atoms with Crippen LogP contribution in [0.4, 0.5) is 0 Å². The van der Waals surface area contributed by atoms with Crippen molar-refractivity contribution in [1.29, 1.82) is 0 Å². The van der Waals surface area contributed by atoms with Crippen LogP contribution in [0.3, 0.4) is 0 Å². The van der Waals surface area contributed by atoms with E-state index < -0.39 is 0 Å². The molecule has 11 rings (SSSR count). The van der Waals surface area contributed by atoms with Gasteiger partial charge in [0.15, 0.2) is 0 Å². The summed E-state index contributed by atoms with van der Waals surface area (Å²) in [6, 6.07) is 57.5. The maximum absolute atomic E-state index is 6.74. The number of hydrogen-bond donors (Lipinski definition) is 2. The van der Waals surface area contributed by atoms with Crippen LogP contribution in [0.5, 0.6) is 0 Å². The van der Waals surface area contributed by atoms with Crippen LogP contribution in [0.2, 0.25) is 0 Å². The molecule has 0 amide bonds. The Hall–Kier alpha value is -6.69. The number of benzene rings is 8. The predicted molar refractivity (Wildman–Crippen MR) is 213 cm³/mol. The number of rotatable bonds is 4. The van der Waals surface area contributed by atoms with E-state index in [9.17, 15) is 0 Å². The van der Waals surface area contributed by atoms with Gasteiger partial charge in [0.25, 0.3) is 0 Å². The van der Waals surface area contributed by atoms with Crippen LogP contribution in [0, 0.1) is 0 Å². The van der Waals surface area contributed by atoms with Gasteiger partial charge in [0, 0.05) is 38.2 Å². The molecule has 1 aliphatic rings. The van der Waals surface area contributed by atoms with Gasteiger partial charge in [0.2, 0.25) is 0 Å². The zero-order chi connectivity index (χ0) is 34.2. The highest BCUT2D eigenvalue weighted by atomic mass is 16.3. The van der Waals surface area contributed by atoms with E-state index in [0.29, 0.717) is 0 Å². The number of amidine groups is 1. The highest BCUT2D eigenvalue weighted by Gasteiger charge is 2.28. The molecule has 0 saturated carbocycles. The molecule has 10 aromatic rings.